The number of nitrogens with zero attached hydrogens (tertiary/aromatic N) is 1. The lowest BCUT2D eigenvalue weighted by molar-refractivity contribution is 0.0512. The lowest BCUT2D eigenvalue weighted by Gasteiger charge is -2.13. The first kappa shape index (κ1) is 23.7. The van der Waals surface area contributed by atoms with E-state index >= 15 is 0 Å². The SMILES string of the molecule is CCOC(=O)c1c(Cc2ccccc2C)c2ccccc2n1CCCOc1cccc2ccccc12. The molecule has 0 radical (unpaired) electrons. The Morgan fingerprint density at radius 2 is 1.56 bits per heavy atom. The third-order valence-corrected chi connectivity index (χ3v) is 6.71. The monoisotopic (exact) mass is 477 g/mol. The molecule has 1 heterocycles. The molecule has 4 aromatic carbocycles. The third-order valence-electron chi connectivity index (χ3n) is 6.71. The highest BCUT2D eigenvalue weighted by Crippen LogP contribution is 2.31. The molecule has 36 heavy (non-hydrogen) atoms. The van der Waals surface area contributed by atoms with Crippen LogP contribution in [-0.4, -0.2) is 23.8 Å². The van der Waals surface area contributed by atoms with Gasteiger partial charge >= 0.3 is 5.97 Å². The summed E-state index contributed by atoms with van der Waals surface area (Å²) < 4.78 is 13.8. The van der Waals surface area contributed by atoms with Gasteiger partial charge in [-0.05, 0) is 54.5 Å². The van der Waals surface area contributed by atoms with Gasteiger partial charge in [0.1, 0.15) is 11.4 Å². The highest BCUT2D eigenvalue weighted by Gasteiger charge is 2.24. The summed E-state index contributed by atoms with van der Waals surface area (Å²) in [4.78, 5) is 13.3. The number of hydrogen-bond donors (Lipinski definition) is 0. The summed E-state index contributed by atoms with van der Waals surface area (Å²) in [5.41, 5.74) is 5.15. The number of hydrogen-bond acceptors (Lipinski definition) is 3. The summed E-state index contributed by atoms with van der Waals surface area (Å²) in [5, 5.41) is 3.37. The molecule has 5 aromatic rings. The molecule has 0 bridgehead atoms. The molecule has 4 nitrogen and oxygen atoms in total. The van der Waals surface area contributed by atoms with Crippen LogP contribution in [0.5, 0.6) is 5.75 Å². The summed E-state index contributed by atoms with van der Waals surface area (Å²) in [6.45, 7) is 5.52. The molecule has 0 aliphatic heterocycles. The van der Waals surface area contributed by atoms with Gasteiger partial charge in [-0.15, -0.1) is 0 Å². The molecular weight excluding hydrogens is 446 g/mol. The Morgan fingerprint density at radius 3 is 2.39 bits per heavy atom. The van der Waals surface area contributed by atoms with Crippen molar-refractivity contribution in [2.75, 3.05) is 13.2 Å². The summed E-state index contributed by atoms with van der Waals surface area (Å²) in [6.07, 6.45) is 1.44. The molecule has 0 fully saturated rings. The number of aryl methyl sites for hydroxylation is 2. The minimum Gasteiger partial charge on any atom is -0.493 e. The molecule has 0 saturated carbocycles. The molecule has 182 valence electrons. The molecule has 0 spiro atoms. The van der Waals surface area contributed by atoms with Crippen molar-refractivity contribution in [1.82, 2.24) is 4.57 Å². The van der Waals surface area contributed by atoms with Gasteiger partial charge in [0.05, 0.1) is 13.2 Å². The number of ether oxygens (including phenoxy) is 2. The molecule has 0 aliphatic carbocycles. The van der Waals surface area contributed by atoms with E-state index in [0.717, 1.165) is 39.4 Å². The number of aromatic nitrogens is 1. The number of carbonyl (C=O) groups excluding carboxylic acids is 1. The maximum absolute atomic E-state index is 13.3. The van der Waals surface area contributed by atoms with Gasteiger partial charge in [-0.1, -0.05) is 78.9 Å². The number of para-hydroxylation sites is 1. The van der Waals surface area contributed by atoms with Gasteiger partial charge in [-0.3, -0.25) is 0 Å². The fourth-order valence-corrected chi connectivity index (χ4v) is 4.94. The second-order valence-electron chi connectivity index (χ2n) is 9.00. The molecule has 0 atom stereocenters. The van der Waals surface area contributed by atoms with Crippen LogP contribution >= 0.6 is 0 Å². The van der Waals surface area contributed by atoms with E-state index in [9.17, 15) is 4.79 Å². The molecule has 0 aliphatic rings. The second kappa shape index (κ2) is 10.7. The first-order chi connectivity index (χ1) is 17.7. The standard InChI is InChI=1S/C32H31NO3/c1-3-35-32(34)31-28(22-25-14-5-4-12-23(25)2)27-17-8-9-18-29(27)33(31)20-11-21-36-30-19-10-15-24-13-6-7-16-26(24)30/h4-10,12-19H,3,11,20-22H2,1-2H3. The number of carbonyl (C=O) groups is 1. The topological polar surface area (TPSA) is 40.5 Å². The summed E-state index contributed by atoms with van der Waals surface area (Å²) in [6, 6.07) is 31.0. The molecular formula is C32H31NO3. The van der Waals surface area contributed by atoms with Crippen molar-refractivity contribution in [3.05, 3.63) is 113 Å². The second-order valence-corrected chi connectivity index (χ2v) is 9.00. The molecule has 0 amide bonds. The summed E-state index contributed by atoms with van der Waals surface area (Å²) in [7, 11) is 0. The van der Waals surface area contributed by atoms with Crippen molar-refractivity contribution >= 4 is 27.6 Å². The average molecular weight is 478 g/mol. The maximum Gasteiger partial charge on any atom is 0.355 e. The van der Waals surface area contributed by atoms with Crippen LogP contribution in [0.3, 0.4) is 0 Å². The van der Waals surface area contributed by atoms with Gasteiger partial charge in [0.2, 0.25) is 0 Å². The number of esters is 1. The molecule has 0 saturated heterocycles. The Hall–Kier alpha value is -4.05. The lowest BCUT2D eigenvalue weighted by atomic mass is 9.98. The van der Waals surface area contributed by atoms with Crippen LogP contribution in [-0.2, 0) is 17.7 Å². The normalized spacial score (nSPS) is 11.2. The van der Waals surface area contributed by atoms with Gasteiger partial charge in [0.25, 0.3) is 0 Å². The third kappa shape index (κ3) is 4.72. The van der Waals surface area contributed by atoms with Gasteiger partial charge in [-0.2, -0.15) is 0 Å². The van der Waals surface area contributed by atoms with Crippen LogP contribution in [0.4, 0.5) is 0 Å². The van der Waals surface area contributed by atoms with E-state index in [1.54, 1.807) is 0 Å². The first-order valence-corrected chi connectivity index (χ1v) is 12.6. The average Bonchev–Trinajstić information content (AvgIpc) is 3.21. The number of benzene rings is 4. The molecule has 4 heteroatoms. The Morgan fingerprint density at radius 1 is 0.833 bits per heavy atom. The van der Waals surface area contributed by atoms with E-state index < -0.39 is 0 Å². The van der Waals surface area contributed by atoms with E-state index in [0.29, 0.717) is 31.9 Å². The predicted octanol–water partition coefficient (Wildman–Crippen LogP) is 7.34. The first-order valence-electron chi connectivity index (χ1n) is 12.6. The minimum absolute atomic E-state index is 0.271. The van der Waals surface area contributed by atoms with Crippen LogP contribution in [0.2, 0.25) is 0 Å². The van der Waals surface area contributed by atoms with Crippen molar-refractivity contribution in [3.8, 4) is 5.75 Å². The van der Waals surface area contributed by atoms with Crippen molar-refractivity contribution in [1.29, 1.82) is 0 Å². The fraction of sp³-hybridized carbons (Fsp3) is 0.219. The molecule has 1 aromatic heterocycles. The Bertz CT molecular complexity index is 1510. The van der Waals surface area contributed by atoms with E-state index in [2.05, 4.69) is 60.0 Å². The summed E-state index contributed by atoms with van der Waals surface area (Å²) >= 11 is 0. The van der Waals surface area contributed by atoms with Crippen molar-refractivity contribution in [2.24, 2.45) is 0 Å². The van der Waals surface area contributed by atoms with Gasteiger partial charge in [0.15, 0.2) is 0 Å². The zero-order chi connectivity index (χ0) is 24.9. The summed E-state index contributed by atoms with van der Waals surface area (Å²) in [5.74, 6) is 0.614. The van der Waals surface area contributed by atoms with E-state index in [1.165, 1.54) is 11.1 Å². The molecule has 5 rings (SSSR count). The van der Waals surface area contributed by atoms with Crippen LogP contribution in [0.1, 0.15) is 40.5 Å². The fourth-order valence-electron chi connectivity index (χ4n) is 4.94. The number of fused-ring (bicyclic) bond motifs is 2. The maximum atomic E-state index is 13.3. The van der Waals surface area contributed by atoms with Crippen LogP contribution < -0.4 is 4.74 Å². The van der Waals surface area contributed by atoms with E-state index in [-0.39, 0.29) is 5.97 Å². The highest BCUT2D eigenvalue weighted by molar-refractivity contribution is 5.99. The van der Waals surface area contributed by atoms with Crippen LogP contribution in [0.15, 0.2) is 91.0 Å². The molecule has 0 N–H and O–H groups in total. The minimum atomic E-state index is -0.271. The van der Waals surface area contributed by atoms with Crippen molar-refractivity contribution in [3.63, 3.8) is 0 Å². The Labute approximate surface area is 212 Å². The van der Waals surface area contributed by atoms with E-state index in [4.69, 9.17) is 9.47 Å². The van der Waals surface area contributed by atoms with Gasteiger partial charge in [0, 0.05) is 29.3 Å². The Kier molecular flexibility index (Phi) is 7.03. The zero-order valence-corrected chi connectivity index (χ0v) is 20.9. The van der Waals surface area contributed by atoms with Gasteiger partial charge in [-0.25, -0.2) is 4.79 Å². The van der Waals surface area contributed by atoms with Crippen molar-refractivity contribution < 1.29 is 14.3 Å². The smallest absolute Gasteiger partial charge is 0.355 e. The largest absolute Gasteiger partial charge is 0.493 e. The predicted molar refractivity (Wildman–Crippen MR) is 146 cm³/mol. The zero-order valence-electron chi connectivity index (χ0n) is 20.9. The van der Waals surface area contributed by atoms with Crippen molar-refractivity contribution in [2.45, 2.75) is 33.2 Å². The van der Waals surface area contributed by atoms with Crippen LogP contribution in [0.25, 0.3) is 21.7 Å². The lowest BCUT2D eigenvalue weighted by Crippen LogP contribution is -2.16. The highest BCUT2D eigenvalue weighted by atomic mass is 16.5. The van der Waals surface area contributed by atoms with Gasteiger partial charge < -0.3 is 14.0 Å². The number of rotatable bonds is 9. The van der Waals surface area contributed by atoms with Crippen LogP contribution in [0, 0.1) is 6.92 Å². The Balaban J connectivity index is 1.45. The quantitative estimate of drug-likeness (QED) is 0.165. The molecule has 0 unspecified atom stereocenters. The van der Waals surface area contributed by atoms with E-state index in [1.807, 2.05) is 49.4 Å².